The van der Waals surface area contributed by atoms with Gasteiger partial charge in [-0.25, -0.2) is 0 Å². The molecule has 1 saturated heterocycles. The zero-order valence-corrected chi connectivity index (χ0v) is 7.59. The number of ether oxygens (including phenoxy) is 1. The predicted molar refractivity (Wildman–Crippen MR) is 50.7 cm³/mol. The first kappa shape index (κ1) is 8.65. The molecule has 0 aromatic rings. The number of nitrogens with zero attached hydrogens (tertiary/aromatic N) is 4. The van der Waals surface area contributed by atoms with Crippen LogP contribution in [0.5, 0.6) is 0 Å². The van der Waals surface area contributed by atoms with Crippen LogP contribution in [-0.2, 0) is 4.74 Å². The summed E-state index contributed by atoms with van der Waals surface area (Å²) in [6, 6.07) is 0. The van der Waals surface area contributed by atoms with Crippen LogP contribution in [0.4, 0.5) is 0 Å². The van der Waals surface area contributed by atoms with E-state index < -0.39 is 0 Å². The Labute approximate surface area is 77.6 Å². The maximum atomic E-state index is 5.26. The van der Waals surface area contributed by atoms with Crippen LogP contribution in [0.25, 0.3) is 0 Å². The monoisotopic (exact) mass is 182 g/mol. The van der Waals surface area contributed by atoms with Crippen LogP contribution in [-0.4, -0.2) is 61.8 Å². The van der Waals surface area contributed by atoms with Gasteiger partial charge in [-0.1, -0.05) is 0 Å². The molecular formula is C8H14N4O+. The number of hydrogen-bond acceptors (Lipinski definition) is 5. The lowest BCUT2D eigenvalue weighted by atomic mass is 10.4. The molecule has 2 aliphatic rings. The topological polar surface area (TPSA) is 42.2 Å². The lowest BCUT2D eigenvalue weighted by molar-refractivity contribution is 0.0327. The van der Waals surface area contributed by atoms with E-state index in [9.17, 15) is 0 Å². The van der Waals surface area contributed by atoms with Crippen molar-refractivity contribution < 1.29 is 4.74 Å². The Bertz CT molecular complexity index is 198. The molecule has 71 valence electrons. The maximum Gasteiger partial charge on any atom is 0.211 e. The van der Waals surface area contributed by atoms with Gasteiger partial charge in [0.15, 0.2) is 0 Å². The summed E-state index contributed by atoms with van der Waals surface area (Å²) < 4.78 is 5.26. The van der Waals surface area contributed by atoms with E-state index in [2.05, 4.69) is 15.1 Å². The fourth-order valence-electron chi connectivity index (χ4n) is 1.41. The van der Waals surface area contributed by atoms with Gasteiger partial charge >= 0.3 is 0 Å². The van der Waals surface area contributed by atoms with Gasteiger partial charge in [-0.2, -0.15) is 0 Å². The Morgan fingerprint density at radius 3 is 2.85 bits per heavy atom. The van der Waals surface area contributed by atoms with Crippen LogP contribution >= 0.6 is 0 Å². The molecule has 0 aromatic carbocycles. The van der Waals surface area contributed by atoms with E-state index in [4.69, 9.17) is 4.74 Å². The predicted octanol–water partition coefficient (Wildman–Crippen LogP) is -1.06. The molecule has 13 heavy (non-hydrogen) atoms. The summed E-state index contributed by atoms with van der Waals surface area (Å²) in [5, 5.41) is 9.81. The minimum Gasteiger partial charge on any atom is -0.379 e. The summed E-state index contributed by atoms with van der Waals surface area (Å²) in [4.78, 5) is 2.37. The van der Waals surface area contributed by atoms with Crippen molar-refractivity contribution in [2.24, 2.45) is 5.10 Å². The molecule has 0 spiro atoms. The average Bonchev–Trinajstić information content (AvgIpc) is 2.69. The van der Waals surface area contributed by atoms with Crippen molar-refractivity contribution in [2.75, 3.05) is 39.4 Å². The molecule has 1 fully saturated rings. The standard InChI is InChI=1S/C8H14N4O/c1-2-10-12(9-1)4-3-11-5-7-13-8-6-11/h1-2H,3-8H2/q+1. The van der Waals surface area contributed by atoms with E-state index in [0.29, 0.717) is 0 Å². The van der Waals surface area contributed by atoms with Gasteiger partial charge in [0.1, 0.15) is 6.54 Å². The first-order chi connectivity index (χ1) is 6.45. The van der Waals surface area contributed by atoms with Crippen LogP contribution < -0.4 is 5.10 Å². The SMILES string of the molecule is C1=NN(CCN2CCOCC2)[N+]=C1. The van der Waals surface area contributed by atoms with Gasteiger partial charge in [-0.15, -0.1) is 0 Å². The second-order valence-electron chi connectivity index (χ2n) is 3.08. The highest BCUT2D eigenvalue weighted by molar-refractivity contribution is 6.16. The third kappa shape index (κ3) is 2.50. The van der Waals surface area contributed by atoms with Gasteiger partial charge in [0, 0.05) is 29.8 Å². The average molecular weight is 182 g/mol. The first-order valence-electron chi connectivity index (χ1n) is 4.59. The molecule has 0 unspecified atom stereocenters. The van der Waals surface area contributed by atoms with Crippen LogP contribution in [0.2, 0.25) is 0 Å². The molecule has 0 saturated carbocycles. The minimum atomic E-state index is 0.854. The van der Waals surface area contributed by atoms with Crippen molar-refractivity contribution >= 4 is 12.4 Å². The molecule has 0 bridgehead atoms. The molecule has 0 atom stereocenters. The second kappa shape index (κ2) is 4.34. The van der Waals surface area contributed by atoms with Crippen molar-refractivity contribution in [2.45, 2.75) is 0 Å². The molecule has 0 aromatic heterocycles. The quantitative estimate of drug-likeness (QED) is 0.559. The van der Waals surface area contributed by atoms with Crippen molar-refractivity contribution in [3.63, 3.8) is 0 Å². The molecule has 5 heteroatoms. The number of rotatable bonds is 3. The normalized spacial score (nSPS) is 22.9. The van der Waals surface area contributed by atoms with E-state index in [1.165, 1.54) is 0 Å². The van der Waals surface area contributed by atoms with E-state index in [-0.39, 0.29) is 0 Å². The van der Waals surface area contributed by atoms with E-state index in [1.807, 2.05) is 0 Å². The zero-order chi connectivity index (χ0) is 8.93. The highest BCUT2D eigenvalue weighted by Gasteiger charge is 2.16. The fourth-order valence-corrected chi connectivity index (χ4v) is 1.41. The zero-order valence-electron chi connectivity index (χ0n) is 7.59. The van der Waals surface area contributed by atoms with Crippen molar-refractivity contribution in [1.82, 2.24) is 15.1 Å². The summed E-state index contributed by atoms with van der Waals surface area (Å²) in [6.07, 6.45) is 3.42. The Kier molecular flexibility index (Phi) is 2.89. The third-order valence-corrected chi connectivity index (χ3v) is 2.19. The number of hydrazone groups is 2. The van der Waals surface area contributed by atoms with Crippen LogP contribution in [0, 0.1) is 0 Å². The molecular weight excluding hydrogens is 168 g/mol. The van der Waals surface area contributed by atoms with Crippen LogP contribution in [0.15, 0.2) is 5.10 Å². The molecule has 0 aliphatic carbocycles. The van der Waals surface area contributed by atoms with Gasteiger partial charge < -0.3 is 4.74 Å². The molecule has 2 aliphatic heterocycles. The van der Waals surface area contributed by atoms with Gasteiger partial charge in [0.05, 0.1) is 13.2 Å². The highest BCUT2D eigenvalue weighted by Crippen LogP contribution is 1.97. The molecule has 5 nitrogen and oxygen atoms in total. The lowest BCUT2D eigenvalue weighted by Crippen LogP contribution is -2.40. The summed E-state index contributed by atoms with van der Waals surface area (Å²) in [5.41, 5.74) is 0. The summed E-state index contributed by atoms with van der Waals surface area (Å²) >= 11 is 0. The van der Waals surface area contributed by atoms with Crippen molar-refractivity contribution in [1.29, 1.82) is 0 Å². The third-order valence-electron chi connectivity index (χ3n) is 2.19. The highest BCUT2D eigenvalue weighted by atomic mass is 16.5. The smallest absolute Gasteiger partial charge is 0.211 e. The van der Waals surface area contributed by atoms with E-state index >= 15 is 0 Å². The maximum absolute atomic E-state index is 5.26. The summed E-state index contributed by atoms with van der Waals surface area (Å²) in [5.74, 6) is 0. The van der Waals surface area contributed by atoms with Gasteiger partial charge in [0.2, 0.25) is 12.4 Å². The second-order valence-corrected chi connectivity index (χ2v) is 3.08. The number of hydrogen-bond donors (Lipinski definition) is 0. The molecule has 0 amide bonds. The Morgan fingerprint density at radius 1 is 1.31 bits per heavy atom. The largest absolute Gasteiger partial charge is 0.379 e. The Morgan fingerprint density at radius 2 is 2.15 bits per heavy atom. The minimum absolute atomic E-state index is 0.854. The summed E-state index contributed by atoms with van der Waals surface area (Å²) in [6.45, 7) is 5.65. The summed E-state index contributed by atoms with van der Waals surface area (Å²) in [7, 11) is 0. The fraction of sp³-hybridized carbons (Fsp3) is 0.750. The Hall–Kier alpha value is -0.940. The molecule has 1 radical (unpaired) electrons. The molecule has 2 heterocycles. The Balaban J connectivity index is 1.66. The van der Waals surface area contributed by atoms with Crippen molar-refractivity contribution in [3.05, 3.63) is 0 Å². The lowest BCUT2D eigenvalue weighted by Gasteiger charge is -2.25. The first-order valence-corrected chi connectivity index (χ1v) is 4.59. The molecule has 0 N–H and O–H groups in total. The molecule has 2 rings (SSSR count). The van der Waals surface area contributed by atoms with Gasteiger partial charge in [-0.3, -0.25) is 4.90 Å². The van der Waals surface area contributed by atoms with Gasteiger partial charge in [-0.05, 0) is 5.12 Å². The van der Waals surface area contributed by atoms with Crippen LogP contribution in [0.1, 0.15) is 0 Å². The van der Waals surface area contributed by atoms with E-state index in [0.717, 1.165) is 39.4 Å². The van der Waals surface area contributed by atoms with E-state index in [1.54, 1.807) is 17.5 Å². The van der Waals surface area contributed by atoms with Gasteiger partial charge in [0.25, 0.3) is 0 Å². The van der Waals surface area contributed by atoms with Crippen molar-refractivity contribution in [3.8, 4) is 0 Å². The van der Waals surface area contributed by atoms with Crippen LogP contribution in [0.3, 0.4) is 0 Å². The number of morpholine rings is 1.